The zero-order chi connectivity index (χ0) is 15.2. The maximum absolute atomic E-state index is 11.6. The molecule has 1 aromatic rings. The van der Waals surface area contributed by atoms with Crippen LogP contribution in [0.1, 0.15) is 12.0 Å². The molecule has 1 heterocycles. The molecule has 8 heteroatoms. The number of carbonyl (C=O) groups is 3. The number of nitrogens with zero attached hydrogens (tertiary/aromatic N) is 1. The number of anilines is 1. The molecule has 0 bridgehead atoms. The maximum Gasteiger partial charge on any atom is 0.289 e. The summed E-state index contributed by atoms with van der Waals surface area (Å²) in [6, 6.07) is 7.14. The van der Waals surface area contributed by atoms with Crippen molar-refractivity contribution in [3.8, 4) is 0 Å². The van der Waals surface area contributed by atoms with E-state index in [-0.39, 0.29) is 41.8 Å². The molecule has 3 amide bonds. The van der Waals surface area contributed by atoms with Crippen LogP contribution in [0, 0.1) is 0 Å². The van der Waals surface area contributed by atoms with Crippen LogP contribution in [0.15, 0.2) is 24.3 Å². The van der Waals surface area contributed by atoms with Crippen molar-refractivity contribution < 1.29 is 14.4 Å². The van der Waals surface area contributed by atoms with Gasteiger partial charge in [-0.3, -0.25) is 19.3 Å². The van der Waals surface area contributed by atoms with E-state index in [1.807, 2.05) is 0 Å². The van der Waals surface area contributed by atoms with Gasteiger partial charge >= 0.3 is 0 Å². The molecule has 0 radical (unpaired) electrons. The molecule has 0 aromatic heterocycles. The molecule has 6 nitrogen and oxygen atoms in total. The van der Waals surface area contributed by atoms with Crippen LogP contribution in [0.5, 0.6) is 0 Å². The van der Waals surface area contributed by atoms with Gasteiger partial charge in [0.2, 0.25) is 11.8 Å². The summed E-state index contributed by atoms with van der Waals surface area (Å²) in [4.78, 5) is 35.8. The van der Waals surface area contributed by atoms with E-state index in [9.17, 15) is 14.4 Å². The Bertz CT molecular complexity index is 535. The summed E-state index contributed by atoms with van der Waals surface area (Å²) in [5.41, 5.74) is 1.56. The molecule has 2 N–H and O–H groups in total. The molecule has 1 aliphatic rings. The van der Waals surface area contributed by atoms with Crippen LogP contribution in [0.2, 0.25) is 0 Å². The van der Waals surface area contributed by atoms with Gasteiger partial charge in [0.1, 0.15) is 0 Å². The van der Waals surface area contributed by atoms with Crippen molar-refractivity contribution in [1.29, 1.82) is 0 Å². The van der Waals surface area contributed by atoms with E-state index < -0.39 is 0 Å². The van der Waals surface area contributed by atoms with Crippen LogP contribution in [-0.4, -0.2) is 41.3 Å². The maximum atomic E-state index is 11.6. The zero-order valence-electron chi connectivity index (χ0n) is 12.1. The van der Waals surface area contributed by atoms with E-state index in [4.69, 9.17) is 0 Å². The van der Waals surface area contributed by atoms with Gasteiger partial charge in [0.05, 0.1) is 12.3 Å². The Balaban J connectivity index is 0.00000242. The number of benzene rings is 1. The molecule has 0 spiro atoms. The first kappa shape index (κ1) is 18.5. The van der Waals surface area contributed by atoms with Crippen molar-refractivity contribution in [1.82, 2.24) is 10.2 Å². The second-order valence-corrected chi connectivity index (χ2v) is 5.56. The van der Waals surface area contributed by atoms with Crippen molar-refractivity contribution in [2.75, 3.05) is 24.7 Å². The predicted molar refractivity (Wildman–Crippen MR) is 89.3 cm³/mol. The molecule has 120 valence electrons. The highest BCUT2D eigenvalue weighted by Crippen LogP contribution is 2.21. The molecule has 2 rings (SSSR count). The SMILES string of the molecule is CNCCC(=O)Nc1ccc(CN2C(=O)CSC2=O)cc1.Cl. The van der Waals surface area contributed by atoms with E-state index in [1.165, 1.54) is 4.90 Å². The minimum absolute atomic E-state index is 0. The summed E-state index contributed by atoms with van der Waals surface area (Å²) in [6.07, 6.45) is 0.409. The largest absolute Gasteiger partial charge is 0.326 e. The van der Waals surface area contributed by atoms with Crippen LogP contribution in [0.4, 0.5) is 10.5 Å². The molecular weight excluding hydrogens is 326 g/mol. The van der Waals surface area contributed by atoms with Gasteiger partial charge < -0.3 is 10.6 Å². The van der Waals surface area contributed by atoms with Crippen LogP contribution in [0.25, 0.3) is 0 Å². The lowest BCUT2D eigenvalue weighted by atomic mass is 10.2. The molecule has 1 fully saturated rings. The number of hydrogen-bond acceptors (Lipinski definition) is 5. The number of carbonyl (C=O) groups excluding carboxylic acids is 3. The number of thioether (sulfide) groups is 1. The second-order valence-electron chi connectivity index (χ2n) is 4.63. The van der Waals surface area contributed by atoms with Gasteiger partial charge in [-0.1, -0.05) is 23.9 Å². The molecule has 0 saturated carbocycles. The van der Waals surface area contributed by atoms with Gasteiger partial charge in [0.25, 0.3) is 5.24 Å². The number of halogens is 1. The fourth-order valence-corrected chi connectivity index (χ4v) is 2.60. The fourth-order valence-electron chi connectivity index (χ4n) is 1.87. The topological polar surface area (TPSA) is 78.5 Å². The van der Waals surface area contributed by atoms with Gasteiger partial charge in [-0.25, -0.2) is 0 Å². The van der Waals surface area contributed by atoms with E-state index in [0.717, 1.165) is 17.3 Å². The zero-order valence-corrected chi connectivity index (χ0v) is 13.8. The van der Waals surface area contributed by atoms with Gasteiger partial charge in [-0.05, 0) is 24.7 Å². The minimum Gasteiger partial charge on any atom is -0.326 e. The highest BCUT2D eigenvalue weighted by Gasteiger charge is 2.29. The predicted octanol–water partition coefficient (Wildman–Crippen LogP) is 1.85. The molecule has 0 unspecified atom stereocenters. The van der Waals surface area contributed by atoms with E-state index in [1.54, 1.807) is 31.3 Å². The Labute approximate surface area is 139 Å². The summed E-state index contributed by atoms with van der Waals surface area (Å²) in [5.74, 6) is 0.00571. The first-order chi connectivity index (χ1) is 10.1. The van der Waals surface area contributed by atoms with Crippen LogP contribution in [-0.2, 0) is 16.1 Å². The lowest BCUT2D eigenvalue weighted by Gasteiger charge is -2.13. The third-order valence-corrected chi connectivity index (χ3v) is 3.88. The molecule has 0 aliphatic carbocycles. The normalized spacial score (nSPS) is 14.0. The summed E-state index contributed by atoms with van der Waals surface area (Å²) in [5, 5.41) is 5.49. The van der Waals surface area contributed by atoms with Gasteiger partial charge in [-0.15, -0.1) is 12.4 Å². The molecule has 1 aliphatic heterocycles. The number of amides is 3. The third-order valence-electron chi connectivity index (χ3n) is 3.02. The lowest BCUT2D eigenvalue weighted by molar-refractivity contribution is -0.125. The van der Waals surface area contributed by atoms with Gasteiger partial charge in [0, 0.05) is 18.7 Å². The van der Waals surface area contributed by atoms with Crippen molar-refractivity contribution in [2.45, 2.75) is 13.0 Å². The summed E-state index contributed by atoms with van der Waals surface area (Å²) >= 11 is 1.03. The second kappa shape index (κ2) is 8.77. The highest BCUT2D eigenvalue weighted by molar-refractivity contribution is 8.14. The minimum atomic E-state index is -0.204. The molecule has 22 heavy (non-hydrogen) atoms. The van der Waals surface area contributed by atoms with E-state index in [2.05, 4.69) is 10.6 Å². The summed E-state index contributed by atoms with van der Waals surface area (Å²) in [6.45, 7) is 0.902. The van der Waals surface area contributed by atoms with Gasteiger partial charge in [0.15, 0.2) is 0 Å². The monoisotopic (exact) mass is 343 g/mol. The number of imide groups is 1. The van der Waals surface area contributed by atoms with Crippen LogP contribution >= 0.6 is 24.2 Å². The van der Waals surface area contributed by atoms with Crippen molar-refractivity contribution in [3.05, 3.63) is 29.8 Å². The quantitative estimate of drug-likeness (QED) is 0.824. The Morgan fingerprint density at radius 3 is 2.50 bits per heavy atom. The molecule has 1 saturated heterocycles. The number of hydrogen-bond donors (Lipinski definition) is 2. The molecule has 0 atom stereocenters. The van der Waals surface area contributed by atoms with Crippen molar-refractivity contribution in [2.24, 2.45) is 0 Å². The molecular formula is C14H18ClN3O3S. The van der Waals surface area contributed by atoms with Gasteiger partial charge in [-0.2, -0.15) is 0 Å². The van der Waals surface area contributed by atoms with Crippen molar-refractivity contribution >= 4 is 46.9 Å². The van der Waals surface area contributed by atoms with Crippen molar-refractivity contribution in [3.63, 3.8) is 0 Å². The highest BCUT2D eigenvalue weighted by atomic mass is 35.5. The number of rotatable bonds is 6. The standard InChI is InChI=1S/C14H17N3O3S.ClH/c1-15-7-6-12(18)16-11-4-2-10(3-5-11)8-17-13(19)9-21-14(17)20;/h2-5,15H,6-9H2,1H3,(H,16,18);1H. The Morgan fingerprint density at radius 1 is 1.27 bits per heavy atom. The number of nitrogens with one attached hydrogen (secondary N) is 2. The first-order valence-electron chi connectivity index (χ1n) is 6.60. The van der Waals surface area contributed by atoms with Crippen LogP contribution < -0.4 is 10.6 Å². The summed E-state index contributed by atoms with van der Waals surface area (Å²) < 4.78 is 0. The van der Waals surface area contributed by atoms with Crippen LogP contribution in [0.3, 0.4) is 0 Å². The average molecular weight is 344 g/mol. The smallest absolute Gasteiger partial charge is 0.289 e. The Kier molecular flexibility index (Phi) is 7.37. The van der Waals surface area contributed by atoms with E-state index >= 15 is 0 Å². The van der Waals surface area contributed by atoms with E-state index in [0.29, 0.717) is 18.7 Å². The Morgan fingerprint density at radius 2 is 1.95 bits per heavy atom. The lowest BCUT2D eigenvalue weighted by Crippen LogP contribution is -2.27. The first-order valence-corrected chi connectivity index (χ1v) is 7.59. The fraction of sp³-hybridized carbons (Fsp3) is 0.357. The third kappa shape index (κ3) is 5.01. The average Bonchev–Trinajstić information content (AvgIpc) is 2.79. The summed E-state index contributed by atoms with van der Waals surface area (Å²) in [7, 11) is 1.79. The molecule has 1 aromatic carbocycles. The Hall–Kier alpha value is -1.57.